The fraction of sp³-hybridized carbons (Fsp3) is 0.429. The molecule has 2 aliphatic rings. The van der Waals surface area contributed by atoms with E-state index in [2.05, 4.69) is 20.3 Å². The summed E-state index contributed by atoms with van der Waals surface area (Å²) >= 11 is 6.37. The van der Waals surface area contributed by atoms with E-state index in [9.17, 15) is 9.18 Å². The Bertz CT molecular complexity index is 1060. The van der Waals surface area contributed by atoms with Crippen molar-refractivity contribution in [2.75, 3.05) is 40.0 Å². The number of benzene rings is 1. The number of carbonyl (C=O) groups is 1. The van der Waals surface area contributed by atoms with E-state index in [0.717, 1.165) is 13.1 Å². The third kappa shape index (κ3) is 4.67. The van der Waals surface area contributed by atoms with Crippen molar-refractivity contribution in [1.29, 1.82) is 0 Å². The van der Waals surface area contributed by atoms with Crippen molar-refractivity contribution < 1.29 is 18.7 Å². The van der Waals surface area contributed by atoms with E-state index < -0.39 is 17.8 Å². The number of halogens is 2. The first-order chi connectivity index (χ1) is 15.5. The highest BCUT2D eigenvalue weighted by Gasteiger charge is 2.34. The zero-order valence-electron chi connectivity index (χ0n) is 17.8. The molecule has 0 radical (unpaired) electrons. The van der Waals surface area contributed by atoms with Crippen molar-refractivity contribution in [2.24, 2.45) is 4.99 Å². The number of nitrogens with one attached hydrogen (secondary N) is 1. The number of aromatic nitrogens is 3. The summed E-state index contributed by atoms with van der Waals surface area (Å²) in [6.45, 7) is 5.70. The zero-order valence-corrected chi connectivity index (χ0v) is 18.6. The van der Waals surface area contributed by atoms with E-state index in [1.165, 1.54) is 25.3 Å². The number of aliphatic imine (C=N–C) groups is 1. The number of rotatable bonds is 6. The lowest BCUT2D eigenvalue weighted by atomic mass is 9.95. The van der Waals surface area contributed by atoms with Crippen LogP contribution < -0.4 is 5.32 Å². The van der Waals surface area contributed by atoms with Gasteiger partial charge in [-0.15, -0.1) is 5.10 Å². The first-order valence-corrected chi connectivity index (χ1v) is 10.7. The van der Waals surface area contributed by atoms with Crippen molar-refractivity contribution >= 4 is 23.4 Å². The largest absolute Gasteiger partial charge is 0.466 e. The lowest BCUT2D eigenvalue weighted by Crippen LogP contribution is -2.43. The highest BCUT2D eigenvalue weighted by molar-refractivity contribution is 6.31. The number of carbonyl (C=O) groups excluding carboxylic acids is 1. The zero-order chi connectivity index (χ0) is 22.7. The van der Waals surface area contributed by atoms with E-state index in [4.69, 9.17) is 26.1 Å². The number of ether oxygens (including phenoxy) is 2. The summed E-state index contributed by atoms with van der Waals surface area (Å²) in [6.07, 6.45) is 1.61. The maximum absolute atomic E-state index is 13.7. The highest BCUT2D eigenvalue weighted by Crippen LogP contribution is 2.36. The Balaban J connectivity index is 1.81. The predicted octanol–water partition coefficient (Wildman–Crippen LogP) is 1.94. The quantitative estimate of drug-likeness (QED) is 0.655. The molecule has 170 valence electrons. The van der Waals surface area contributed by atoms with E-state index in [1.54, 1.807) is 11.0 Å². The molecule has 0 saturated carbocycles. The minimum absolute atomic E-state index is 0.166. The average Bonchev–Trinajstić information content (AvgIpc) is 3.28. The van der Waals surface area contributed by atoms with Crippen LogP contribution >= 0.6 is 11.6 Å². The minimum Gasteiger partial charge on any atom is -0.466 e. The number of aryl methyl sites for hydroxylation is 1. The van der Waals surface area contributed by atoms with Crippen LogP contribution in [0, 0.1) is 5.82 Å². The first-order valence-electron chi connectivity index (χ1n) is 10.3. The summed E-state index contributed by atoms with van der Waals surface area (Å²) in [4.78, 5) is 24.1. The molecule has 1 aromatic heterocycles. The van der Waals surface area contributed by atoms with Crippen LogP contribution in [0.15, 0.2) is 40.8 Å². The number of methoxy groups -OCH3 is 1. The van der Waals surface area contributed by atoms with Crippen molar-refractivity contribution in [1.82, 2.24) is 25.0 Å². The molecular weight excluding hydrogens is 439 g/mol. The molecule has 3 heterocycles. The van der Waals surface area contributed by atoms with Gasteiger partial charge >= 0.3 is 5.97 Å². The summed E-state index contributed by atoms with van der Waals surface area (Å²) in [7, 11) is 1.31. The normalized spacial score (nSPS) is 19.5. The van der Waals surface area contributed by atoms with Crippen LogP contribution in [-0.2, 0) is 20.8 Å². The van der Waals surface area contributed by atoms with Crippen molar-refractivity contribution in [3.63, 3.8) is 0 Å². The van der Waals surface area contributed by atoms with Crippen LogP contribution in [0.3, 0.4) is 0 Å². The molecule has 0 aliphatic carbocycles. The number of esters is 1. The SMILES string of the molecule is CCn1cnc(C2=NC(c3ccc(F)cc3Cl)C(C(=O)OC)=C(CN3CCOCC3)N2)n1. The van der Waals surface area contributed by atoms with Gasteiger partial charge in [0.2, 0.25) is 5.82 Å². The maximum atomic E-state index is 13.7. The molecule has 1 saturated heterocycles. The third-order valence-corrected chi connectivity index (χ3v) is 5.67. The molecule has 0 bridgehead atoms. The van der Waals surface area contributed by atoms with Gasteiger partial charge in [0.15, 0.2) is 5.84 Å². The lowest BCUT2D eigenvalue weighted by Gasteiger charge is -2.32. The predicted molar refractivity (Wildman–Crippen MR) is 116 cm³/mol. The molecule has 2 aliphatic heterocycles. The Morgan fingerprint density at radius 3 is 2.81 bits per heavy atom. The molecule has 0 amide bonds. The monoisotopic (exact) mass is 462 g/mol. The van der Waals surface area contributed by atoms with Gasteiger partial charge in [0.05, 0.1) is 25.9 Å². The van der Waals surface area contributed by atoms with E-state index in [0.29, 0.717) is 54.8 Å². The van der Waals surface area contributed by atoms with Gasteiger partial charge in [-0.3, -0.25) is 14.6 Å². The Labute approximate surface area is 189 Å². The first kappa shape index (κ1) is 22.4. The van der Waals surface area contributed by atoms with Gasteiger partial charge in [-0.2, -0.15) is 0 Å². The van der Waals surface area contributed by atoms with Gasteiger partial charge in [-0.25, -0.2) is 14.2 Å². The summed E-state index contributed by atoms with van der Waals surface area (Å²) < 4.78 is 25.9. The van der Waals surface area contributed by atoms with Crippen molar-refractivity contribution in [2.45, 2.75) is 19.5 Å². The fourth-order valence-corrected chi connectivity index (χ4v) is 3.94. The van der Waals surface area contributed by atoms with E-state index in [-0.39, 0.29) is 5.02 Å². The summed E-state index contributed by atoms with van der Waals surface area (Å²) in [6, 6.07) is 3.21. The van der Waals surface area contributed by atoms with Gasteiger partial charge < -0.3 is 14.8 Å². The second-order valence-electron chi connectivity index (χ2n) is 7.37. The third-order valence-electron chi connectivity index (χ3n) is 5.35. The Morgan fingerprint density at radius 1 is 1.38 bits per heavy atom. The molecule has 32 heavy (non-hydrogen) atoms. The fourth-order valence-electron chi connectivity index (χ4n) is 3.67. The molecule has 1 N–H and O–H groups in total. The molecule has 1 fully saturated rings. The standard InChI is InChI=1S/C21H24ClFN6O3/c1-3-29-12-24-19(27-29)20-25-16(11-28-6-8-32-9-7-28)17(21(30)31-2)18(26-20)14-5-4-13(23)10-15(14)22/h4-5,10,12,18H,3,6-9,11H2,1-2H3,(H,25,26). The summed E-state index contributed by atoms with van der Waals surface area (Å²) in [5, 5.41) is 7.84. The smallest absolute Gasteiger partial charge is 0.338 e. The molecule has 1 unspecified atom stereocenters. The van der Waals surface area contributed by atoms with Gasteiger partial charge in [0.1, 0.15) is 18.2 Å². The summed E-state index contributed by atoms with van der Waals surface area (Å²) in [5.41, 5.74) is 1.41. The van der Waals surface area contributed by atoms with Crippen LogP contribution in [-0.4, -0.2) is 71.4 Å². The van der Waals surface area contributed by atoms with Crippen LogP contribution in [0.2, 0.25) is 5.02 Å². The van der Waals surface area contributed by atoms with Gasteiger partial charge in [0, 0.05) is 42.5 Å². The average molecular weight is 463 g/mol. The molecular formula is C21H24ClFN6O3. The van der Waals surface area contributed by atoms with Crippen LogP contribution in [0.4, 0.5) is 4.39 Å². The minimum atomic E-state index is -0.809. The maximum Gasteiger partial charge on any atom is 0.338 e. The van der Waals surface area contributed by atoms with Crippen LogP contribution in [0.1, 0.15) is 24.4 Å². The molecule has 9 nitrogen and oxygen atoms in total. The van der Waals surface area contributed by atoms with Gasteiger partial charge in [-0.05, 0) is 19.1 Å². The lowest BCUT2D eigenvalue weighted by molar-refractivity contribution is -0.136. The van der Waals surface area contributed by atoms with Crippen molar-refractivity contribution in [3.05, 3.63) is 58.0 Å². The molecule has 1 atom stereocenters. The van der Waals surface area contributed by atoms with Crippen molar-refractivity contribution in [3.8, 4) is 0 Å². The summed E-state index contributed by atoms with van der Waals surface area (Å²) in [5.74, 6) is -0.227. The molecule has 1 aromatic carbocycles. The Morgan fingerprint density at radius 2 is 2.16 bits per heavy atom. The van der Waals surface area contributed by atoms with E-state index >= 15 is 0 Å². The number of hydrogen-bond donors (Lipinski definition) is 1. The second-order valence-corrected chi connectivity index (χ2v) is 7.77. The van der Waals surface area contributed by atoms with E-state index in [1.807, 2.05) is 6.92 Å². The van der Waals surface area contributed by atoms with Crippen LogP contribution in [0.5, 0.6) is 0 Å². The highest BCUT2D eigenvalue weighted by atomic mass is 35.5. The van der Waals surface area contributed by atoms with Crippen LogP contribution in [0.25, 0.3) is 0 Å². The topological polar surface area (TPSA) is 93.9 Å². The van der Waals surface area contributed by atoms with Gasteiger partial charge in [0.25, 0.3) is 0 Å². The number of nitrogens with zero attached hydrogens (tertiary/aromatic N) is 5. The second kappa shape index (κ2) is 9.76. The Kier molecular flexibility index (Phi) is 6.83. The molecule has 11 heteroatoms. The van der Waals surface area contributed by atoms with Gasteiger partial charge in [-0.1, -0.05) is 17.7 Å². The number of morpholine rings is 1. The Hall–Kier alpha value is -2.82. The molecule has 0 spiro atoms. The number of hydrogen-bond acceptors (Lipinski definition) is 8. The molecule has 2 aromatic rings. The molecule has 4 rings (SSSR count). The number of amidine groups is 1.